The van der Waals surface area contributed by atoms with Crippen LogP contribution in [0.2, 0.25) is 0 Å². The van der Waals surface area contributed by atoms with E-state index in [1.165, 1.54) is 6.92 Å². The van der Waals surface area contributed by atoms with E-state index in [0.717, 1.165) is 25.7 Å². The Morgan fingerprint density at radius 2 is 1.80 bits per heavy atom. The lowest BCUT2D eigenvalue weighted by Gasteiger charge is -2.46. The first-order chi connectivity index (χ1) is 9.48. The van der Waals surface area contributed by atoms with E-state index in [1.54, 1.807) is 16.7 Å². The molecule has 1 aliphatic carbocycles. The number of thioether (sulfide) groups is 1. The van der Waals surface area contributed by atoms with Crippen LogP contribution in [0.3, 0.4) is 0 Å². The number of rotatable bonds is 1. The molecular weight excluding hydrogens is 282 g/mol. The average Bonchev–Trinajstić information content (AvgIpc) is 2.99. The number of carbonyl (C=O) groups excluding carboxylic acids is 1. The van der Waals surface area contributed by atoms with Crippen LogP contribution in [0, 0.1) is 0 Å². The summed E-state index contributed by atoms with van der Waals surface area (Å²) in [6.45, 7) is 2.69. The SMILES string of the molecule is CC(=O)N1[C@@H](C(=O)O)CSC12CCC1(CC2)OCCO1. The van der Waals surface area contributed by atoms with Crippen LogP contribution in [-0.2, 0) is 19.1 Å². The van der Waals surface area contributed by atoms with Crippen molar-refractivity contribution in [3.63, 3.8) is 0 Å². The monoisotopic (exact) mass is 301 g/mol. The Bertz CT molecular complexity index is 424. The third-order valence-electron chi connectivity index (χ3n) is 4.49. The fourth-order valence-electron chi connectivity index (χ4n) is 3.54. The van der Waals surface area contributed by atoms with E-state index < -0.39 is 22.7 Å². The van der Waals surface area contributed by atoms with Gasteiger partial charge in [-0.1, -0.05) is 0 Å². The van der Waals surface area contributed by atoms with Crippen molar-refractivity contribution in [1.29, 1.82) is 0 Å². The summed E-state index contributed by atoms with van der Waals surface area (Å²) in [7, 11) is 0. The number of amides is 1. The zero-order chi connectivity index (χ0) is 14.4. The molecule has 0 unspecified atom stereocenters. The minimum atomic E-state index is -0.918. The van der Waals surface area contributed by atoms with Crippen LogP contribution in [0.5, 0.6) is 0 Å². The molecule has 0 radical (unpaired) electrons. The molecule has 2 spiro atoms. The maximum absolute atomic E-state index is 11.9. The standard InChI is InChI=1S/C13H19NO5S/c1-9(15)14-10(11(16)17)8-20-12(14)2-4-13(5-3-12)18-6-7-19-13/h10H,2-8H2,1H3,(H,16,17)/t10-/m1/s1. The Hall–Kier alpha value is -0.790. The number of hydrogen-bond donors (Lipinski definition) is 1. The second kappa shape index (κ2) is 4.89. The minimum absolute atomic E-state index is 0.161. The second-order valence-corrected chi connectivity index (χ2v) is 6.99. The molecule has 0 bridgehead atoms. The molecule has 2 heterocycles. The fourth-order valence-corrected chi connectivity index (χ4v) is 5.19. The molecule has 6 nitrogen and oxygen atoms in total. The van der Waals surface area contributed by atoms with Crippen molar-refractivity contribution in [2.45, 2.75) is 49.3 Å². The average molecular weight is 301 g/mol. The molecular formula is C13H19NO5S. The normalized spacial score (nSPS) is 31.1. The molecule has 1 N–H and O–H groups in total. The summed E-state index contributed by atoms with van der Waals surface area (Å²) in [5.41, 5.74) is 0. The quantitative estimate of drug-likeness (QED) is 0.780. The van der Waals surface area contributed by atoms with E-state index in [2.05, 4.69) is 0 Å². The second-order valence-electron chi connectivity index (χ2n) is 5.61. The highest BCUT2D eigenvalue weighted by Crippen LogP contribution is 2.52. The number of ether oxygens (including phenoxy) is 2. The number of aliphatic carboxylic acids is 1. The molecule has 3 aliphatic rings. The van der Waals surface area contributed by atoms with Crippen molar-refractivity contribution in [3.8, 4) is 0 Å². The maximum Gasteiger partial charge on any atom is 0.327 e. The van der Waals surface area contributed by atoms with E-state index in [0.29, 0.717) is 19.0 Å². The van der Waals surface area contributed by atoms with Crippen LogP contribution >= 0.6 is 11.8 Å². The molecule has 2 aliphatic heterocycles. The van der Waals surface area contributed by atoms with E-state index >= 15 is 0 Å². The predicted molar refractivity (Wildman–Crippen MR) is 72.2 cm³/mol. The highest BCUT2D eigenvalue weighted by atomic mass is 32.2. The summed E-state index contributed by atoms with van der Waals surface area (Å²) in [6.07, 6.45) is 2.88. The lowest BCUT2D eigenvalue weighted by Crippen LogP contribution is -2.55. The Labute approximate surface area is 121 Å². The van der Waals surface area contributed by atoms with Gasteiger partial charge in [-0.3, -0.25) is 4.79 Å². The van der Waals surface area contributed by atoms with E-state index in [9.17, 15) is 14.7 Å². The topological polar surface area (TPSA) is 76.1 Å². The molecule has 3 rings (SSSR count). The van der Waals surface area contributed by atoms with Crippen molar-refractivity contribution in [2.75, 3.05) is 19.0 Å². The molecule has 0 aromatic rings. The van der Waals surface area contributed by atoms with Crippen LogP contribution in [0.4, 0.5) is 0 Å². The lowest BCUT2D eigenvalue weighted by atomic mass is 9.87. The minimum Gasteiger partial charge on any atom is -0.480 e. The van der Waals surface area contributed by atoms with Gasteiger partial charge in [0.2, 0.25) is 5.91 Å². The predicted octanol–water partition coefficient (Wildman–Crippen LogP) is 1.05. The first-order valence-corrected chi connectivity index (χ1v) is 7.91. The maximum atomic E-state index is 11.9. The molecule has 20 heavy (non-hydrogen) atoms. The van der Waals surface area contributed by atoms with Crippen LogP contribution in [0.15, 0.2) is 0 Å². The lowest BCUT2D eigenvalue weighted by molar-refractivity contribution is -0.189. The summed E-state index contributed by atoms with van der Waals surface area (Å²) in [5, 5.41) is 9.29. The van der Waals surface area contributed by atoms with Crippen molar-refractivity contribution >= 4 is 23.6 Å². The van der Waals surface area contributed by atoms with E-state index in [-0.39, 0.29) is 5.91 Å². The first-order valence-electron chi connectivity index (χ1n) is 6.93. The summed E-state index contributed by atoms with van der Waals surface area (Å²) in [6, 6.07) is -0.711. The third-order valence-corrected chi connectivity index (χ3v) is 6.12. The van der Waals surface area contributed by atoms with Gasteiger partial charge in [-0.25, -0.2) is 4.79 Å². The van der Waals surface area contributed by atoms with Crippen LogP contribution in [0.1, 0.15) is 32.6 Å². The fraction of sp³-hybridized carbons (Fsp3) is 0.846. The van der Waals surface area contributed by atoms with Crippen LogP contribution in [-0.4, -0.2) is 57.5 Å². The number of carboxylic acids is 1. The van der Waals surface area contributed by atoms with Crippen molar-refractivity contribution in [2.24, 2.45) is 0 Å². The largest absolute Gasteiger partial charge is 0.480 e. The van der Waals surface area contributed by atoms with Crippen molar-refractivity contribution in [1.82, 2.24) is 4.90 Å². The zero-order valence-corrected chi connectivity index (χ0v) is 12.3. The van der Waals surface area contributed by atoms with E-state index in [1.807, 2.05) is 0 Å². The molecule has 0 aromatic carbocycles. The smallest absolute Gasteiger partial charge is 0.327 e. The van der Waals surface area contributed by atoms with Gasteiger partial charge in [0.05, 0.1) is 18.1 Å². The summed E-state index contributed by atoms with van der Waals surface area (Å²) >= 11 is 1.59. The van der Waals surface area contributed by atoms with Gasteiger partial charge in [-0.2, -0.15) is 0 Å². The van der Waals surface area contributed by atoms with Crippen LogP contribution < -0.4 is 0 Å². The molecule has 3 fully saturated rings. The third kappa shape index (κ3) is 2.12. The van der Waals surface area contributed by atoms with Gasteiger partial charge in [0.1, 0.15) is 6.04 Å². The molecule has 1 atom stereocenters. The van der Waals surface area contributed by atoms with E-state index in [4.69, 9.17) is 9.47 Å². The Balaban J connectivity index is 1.79. The molecule has 112 valence electrons. The highest BCUT2D eigenvalue weighted by molar-refractivity contribution is 8.01. The number of carboxylic acid groups (broad SMARTS) is 1. The molecule has 1 amide bonds. The Morgan fingerprint density at radius 1 is 1.20 bits per heavy atom. The molecule has 2 saturated heterocycles. The molecule has 0 aromatic heterocycles. The summed E-state index contributed by atoms with van der Waals surface area (Å²) < 4.78 is 11.4. The van der Waals surface area contributed by atoms with Gasteiger partial charge in [0, 0.05) is 25.5 Å². The van der Waals surface area contributed by atoms with Gasteiger partial charge in [-0.15, -0.1) is 11.8 Å². The Morgan fingerprint density at radius 3 is 2.30 bits per heavy atom. The van der Waals surface area contributed by atoms with Gasteiger partial charge < -0.3 is 19.5 Å². The van der Waals surface area contributed by atoms with Gasteiger partial charge in [0.25, 0.3) is 0 Å². The van der Waals surface area contributed by atoms with Crippen LogP contribution in [0.25, 0.3) is 0 Å². The number of nitrogens with zero attached hydrogens (tertiary/aromatic N) is 1. The number of hydrogen-bond acceptors (Lipinski definition) is 5. The summed E-state index contributed by atoms with van der Waals surface area (Å²) in [4.78, 5) is 24.4. The zero-order valence-electron chi connectivity index (χ0n) is 11.5. The number of carbonyl (C=O) groups is 2. The van der Waals surface area contributed by atoms with Crippen molar-refractivity contribution in [3.05, 3.63) is 0 Å². The molecule has 7 heteroatoms. The highest BCUT2D eigenvalue weighted by Gasteiger charge is 2.56. The van der Waals surface area contributed by atoms with Crippen molar-refractivity contribution < 1.29 is 24.2 Å². The van der Waals surface area contributed by atoms with Gasteiger partial charge in [0.15, 0.2) is 5.79 Å². The van der Waals surface area contributed by atoms with Gasteiger partial charge in [-0.05, 0) is 12.8 Å². The summed E-state index contributed by atoms with van der Waals surface area (Å²) in [5.74, 6) is -1.11. The van der Waals surface area contributed by atoms with Gasteiger partial charge >= 0.3 is 5.97 Å². The first kappa shape index (κ1) is 14.2. The Kier molecular flexibility index (Phi) is 3.46. The molecule has 1 saturated carbocycles.